The summed E-state index contributed by atoms with van der Waals surface area (Å²) in [6.07, 6.45) is 1.75. The fourth-order valence-electron chi connectivity index (χ4n) is 2.84. The van der Waals surface area contributed by atoms with Gasteiger partial charge in [0, 0.05) is 13.6 Å². The minimum atomic E-state index is 0.0794. The summed E-state index contributed by atoms with van der Waals surface area (Å²) in [6.45, 7) is 7.16. The second-order valence-electron chi connectivity index (χ2n) is 6.47. The normalized spacial score (nSPS) is 11.0. The van der Waals surface area contributed by atoms with Gasteiger partial charge in [0.1, 0.15) is 6.54 Å². The van der Waals surface area contributed by atoms with Gasteiger partial charge in [0.2, 0.25) is 5.91 Å². The van der Waals surface area contributed by atoms with Gasteiger partial charge in [-0.25, -0.2) is 4.98 Å². The highest BCUT2D eigenvalue weighted by atomic mass is 16.2. The van der Waals surface area contributed by atoms with Gasteiger partial charge in [0.05, 0.1) is 17.4 Å². The molecule has 0 spiro atoms. The summed E-state index contributed by atoms with van der Waals surface area (Å²) in [4.78, 5) is 18.8. The smallest absolute Gasteiger partial charge is 0.242 e. The second-order valence-corrected chi connectivity index (χ2v) is 6.47. The maximum atomic E-state index is 12.6. The van der Waals surface area contributed by atoms with Crippen LogP contribution in [0.5, 0.6) is 0 Å². The molecule has 1 amide bonds. The summed E-state index contributed by atoms with van der Waals surface area (Å²) in [5.41, 5.74) is 6.76. The van der Waals surface area contributed by atoms with E-state index in [-0.39, 0.29) is 5.91 Å². The number of imidazole rings is 1. The number of rotatable bonds is 4. The van der Waals surface area contributed by atoms with Crippen LogP contribution in [0.1, 0.15) is 22.3 Å². The van der Waals surface area contributed by atoms with Crippen molar-refractivity contribution in [3.05, 3.63) is 65.0 Å². The van der Waals surface area contributed by atoms with E-state index in [4.69, 9.17) is 0 Å². The molecule has 3 rings (SSSR count). The Hall–Kier alpha value is -2.62. The summed E-state index contributed by atoms with van der Waals surface area (Å²) >= 11 is 0. The lowest BCUT2D eigenvalue weighted by Crippen LogP contribution is -2.29. The van der Waals surface area contributed by atoms with E-state index in [0.717, 1.165) is 11.0 Å². The lowest BCUT2D eigenvalue weighted by molar-refractivity contribution is -0.131. The molecule has 124 valence electrons. The molecule has 0 atom stereocenters. The molecule has 0 fully saturated rings. The van der Waals surface area contributed by atoms with Gasteiger partial charge in [-0.05, 0) is 55.2 Å². The average Bonchev–Trinajstić information content (AvgIpc) is 2.92. The van der Waals surface area contributed by atoms with Crippen LogP contribution in [0, 0.1) is 20.8 Å². The van der Waals surface area contributed by atoms with Crippen molar-refractivity contribution < 1.29 is 4.79 Å². The number of aryl methyl sites for hydroxylation is 3. The lowest BCUT2D eigenvalue weighted by Gasteiger charge is -2.19. The van der Waals surface area contributed by atoms with Crippen LogP contribution in [0.2, 0.25) is 0 Å². The van der Waals surface area contributed by atoms with Crippen LogP contribution in [-0.4, -0.2) is 27.4 Å². The number of amides is 1. The number of hydrogen-bond donors (Lipinski definition) is 0. The summed E-state index contributed by atoms with van der Waals surface area (Å²) in [7, 11) is 1.85. The summed E-state index contributed by atoms with van der Waals surface area (Å²) in [6, 6.07) is 12.3. The standard InChI is InChI=1S/C20H23N3O/c1-14-7-5-6-8-17(14)11-22(4)20(24)12-23-13-21-18-9-15(2)16(3)10-19(18)23/h5-10,13H,11-12H2,1-4H3. The van der Waals surface area contributed by atoms with E-state index in [0.29, 0.717) is 13.1 Å². The van der Waals surface area contributed by atoms with Gasteiger partial charge in [-0.3, -0.25) is 4.79 Å². The molecule has 1 heterocycles. The molecule has 2 aromatic carbocycles. The average molecular weight is 321 g/mol. The van der Waals surface area contributed by atoms with Crippen LogP contribution in [0.15, 0.2) is 42.7 Å². The molecule has 0 saturated heterocycles. The molecule has 0 aliphatic rings. The van der Waals surface area contributed by atoms with Gasteiger partial charge >= 0.3 is 0 Å². The number of likely N-dealkylation sites (N-methyl/N-ethyl adjacent to an activating group) is 1. The monoisotopic (exact) mass is 321 g/mol. The van der Waals surface area contributed by atoms with Gasteiger partial charge in [-0.1, -0.05) is 24.3 Å². The molecule has 3 aromatic rings. The van der Waals surface area contributed by atoms with Crippen molar-refractivity contribution >= 4 is 16.9 Å². The summed E-state index contributed by atoms with van der Waals surface area (Å²) in [5, 5.41) is 0. The van der Waals surface area contributed by atoms with Crippen molar-refractivity contribution in [2.45, 2.75) is 33.9 Å². The molecular weight excluding hydrogens is 298 g/mol. The highest BCUT2D eigenvalue weighted by Gasteiger charge is 2.13. The third kappa shape index (κ3) is 3.18. The zero-order chi connectivity index (χ0) is 17.3. The summed E-state index contributed by atoms with van der Waals surface area (Å²) < 4.78 is 1.93. The van der Waals surface area contributed by atoms with E-state index >= 15 is 0 Å². The third-order valence-corrected chi connectivity index (χ3v) is 4.64. The molecule has 0 radical (unpaired) electrons. The molecule has 0 aliphatic carbocycles. The van der Waals surface area contributed by atoms with Crippen LogP contribution < -0.4 is 0 Å². The van der Waals surface area contributed by atoms with Crippen molar-refractivity contribution in [3.8, 4) is 0 Å². The first-order valence-electron chi connectivity index (χ1n) is 8.16. The molecule has 0 N–H and O–H groups in total. The Balaban J connectivity index is 1.77. The quantitative estimate of drug-likeness (QED) is 0.736. The van der Waals surface area contributed by atoms with Gasteiger partial charge in [-0.15, -0.1) is 0 Å². The Morgan fingerprint density at radius 3 is 2.54 bits per heavy atom. The topological polar surface area (TPSA) is 38.1 Å². The molecule has 4 nitrogen and oxygen atoms in total. The molecular formula is C20H23N3O. The van der Waals surface area contributed by atoms with Gasteiger partial charge < -0.3 is 9.47 Å². The Morgan fingerprint density at radius 2 is 1.79 bits per heavy atom. The van der Waals surface area contributed by atoms with Gasteiger partial charge in [0.25, 0.3) is 0 Å². The zero-order valence-corrected chi connectivity index (χ0v) is 14.7. The first-order chi connectivity index (χ1) is 11.5. The third-order valence-electron chi connectivity index (χ3n) is 4.64. The van der Waals surface area contributed by atoms with E-state index in [1.807, 2.05) is 23.7 Å². The van der Waals surface area contributed by atoms with Crippen molar-refractivity contribution in [3.63, 3.8) is 0 Å². The fraction of sp³-hybridized carbons (Fsp3) is 0.300. The second kappa shape index (κ2) is 6.48. The van der Waals surface area contributed by atoms with Gasteiger partial charge in [0.15, 0.2) is 0 Å². The number of carbonyl (C=O) groups excluding carboxylic acids is 1. The number of hydrogen-bond acceptors (Lipinski definition) is 2. The van der Waals surface area contributed by atoms with Crippen LogP contribution >= 0.6 is 0 Å². The number of carbonyl (C=O) groups is 1. The van der Waals surface area contributed by atoms with Crippen molar-refractivity contribution in [2.24, 2.45) is 0 Å². The van der Waals surface area contributed by atoms with E-state index in [1.54, 1.807) is 11.2 Å². The van der Waals surface area contributed by atoms with Crippen molar-refractivity contribution in [2.75, 3.05) is 7.05 Å². The molecule has 0 aliphatic heterocycles. The highest BCUT2D eigenvalue weighted by Crippen LogP contribution is 2.18. The molecule has 0 bridgehead atoms. The molecule has 24 heavy (non-hydrogen) atoms. The van der Waals surface area contributed by atoms with E-state index in [2.05, 4.69) is 50.0 Å². The number of aromatic nitrogens is 2. The van der Waals surface area contributed by atoms with Crippen molar-refractivity contribution in [1.82, 2.24) is 14.5 Å². The predicted octanol–water partition coefficient (Wildman–Crippen LogP) is 3.62. The predicted molar refractivity (Wildman–Crippen MR) is 96.9 cm³/mol. The minimum Gasteiger partial charge on any atom is -0.340 e. The lowest BCUT2D eigenvalue weighted by atomic mass is 10.1. The first-order valence-corrected chi connectivity index (χ1v) is 8.16. The molecule has 4 heteroatoms. The maximum absolute atomic E-state index is 12.6. The Kier molecular flexibility index (Phi) is 4.38. The molecule has 0 saturated carbocycles. The van der Waals surface area contributed by atoms with Crippen LogP contribution in [0.25, 0.3) is 11.0 Å². The number of nitrogens with zero attached hydrogens (tertiary/aromatic N) is 3. The van der Waals surface area contributed by atoms with Crippen molar-refractivity contribution in [1.29, 1.82) is 0 Å². The SMILES string of the molecule is Cc1cc2ncn(CC(=O)N(C)Cc3ccccc3C)c2cc1C. The zero-order valence-electron chi connectivity index (χ0n) is 14.7. The van der Waals surface area contributed by atoms with E-state index < -0.39 is 0 Å². The first kappa shape index (κ1) is 16.2. The van der Waals surface area contributed by atoms with Gasteiger partial charge in [-0.2, -0.15) is 0 Å². The molecule has 0 unspecified atom stereocenters. The summed E-state index contributed by atoms with van der Waals surface area (Å²) in [5.74, 6) is 0.0794. The van der Waals surface area contributed by atoms with Crippen LogP contribution in [-0.2, 0) is 17.9 Å². The number of fused-ring (bicyclic) bond motifs is 1. The minimum absolute atomic E-state index is 0.0794. The Labute approximate surface area is 142 Å². The molecule has 1 aromatic heterocycles. The van der Waals surface area contributed by atoms with E-state index in [1.165, 1.54) is 22.3 Å². The number of benzene rings is 2. The maximum Gasteiger partial charge on any atom is 0.242 e. The van der Waals surface area contributed by atoms with Crippen LogP contribution in [0.4, 0.5) is 0 Å². The fourth-order valence-corrected chi connectivity index (χ4v) is 2.84. The van der Waals surface area contributed by atoms with E-state index in [9.17, 15) is 4.79 Å². The Bertz CT molecular complexity index is 895. The highest BCUT2D eigenvalue weighted by molar-refractivity contribution is 5.81. The largest absolute Gasteiger partial charge is 0.340 e. The van der Waals surface area contributed by atoms with Crippen LogP contribution in [0.3, 0.4) is 0 Å². The Morgan fingerprint density at radius 1 is 1.08 bits per heavy atom.